The molecule has 0 bridgehead atoms. The molecule has 1 saturated heterocycles. The van der Waals surface area contributed by atoms with E-state index in [-0.39, 0.29) is 11.9 Å². The van der Waals surface area contributed by atoms with Crippen LogP contribution in [-0.2, 0) is 17.8 Å². The molecule has 1 aromatic rings. The van der Waals surface area contributed by atoms with Gasteiger partial charge in [0.2, 0.25) is 0 Å². The van der Waals surface area contributed by atoms with Crippen LogP contribution in [0.3, 0.4) is 0 Å². The Balaban J connectivity index is 2.02. The zero-order valence-corrected chi connectivity index (χ0v) is 12.5. The van der Waals surface area contributed by atoms with Crippen molar-refractivity contribution >= 4 is 23.2 Å². The van der Waals surface area contributed by atoms with E-state index in [4.69, 9.17) is 21.7 Å². The van der Waals surface area contributed by atoms with E-state index in [0.717, 1.165) is 11.1 Å². The highest BCUT2D eigenvalue weighted by molar-refractivity contribution is 7.80. The Morgan fingerprint density at radius 3 is 2.40 bits per heavy atom. The third-order valence-corrected chi connectivity index (χ3v) is 4.49. The van der Waals surface area contributed by atoms with Gasteiger partial charge in [-0.15, -0.1) is 0 Å². The standard InChI is InChI=1S/C14H16N2O3S/c1-15-13(17)10-4-8-5-11(18-2)12(19-3)6-9(8)7-16(10)14(15)20/h5-6,10H,4,7H2,1-3H3. The van der Waals surface area contributed by atoms with Gasteiger partial charge in [-0.05, 0) is 35.5 Å². The van der Waals surface area contributed by atoms with Crippen LogP contribution >= 0.6 is 12.2 Å². The average Bonchev–Trinajstić information content (AvgIpc) is 2.68. The summed E-state index contributed by atoms with van der Waals surface area (Å²) in [5, 5.41) is 0.598. The number of benzene rings is 1. The molecule has 1 unspecified atom stereocenters. The van der Waals surface area contributed by atoms with Gasteiger partial charge in [-0.3, -0.25) is 9.69 Å². The fourth-order valence-electron chi connectivity index (χ4n) is 2.84. The largest absolute Gasteiger partial charge is 0.493 e. The highest BCUT2D eigenvalue weighted by Crippen LogP contribution is 2.36. The summed E-state index contributed by atoms with van der Waals surface area (Å²) in [5.41, 5.74) is 2.25. The third kappa shape index (κ3) is 1.75. The molecule has 5 nitrogen and oxygen atoms in total. The molecule has 6 heteroatoms. The molecule has 2 heterocycles. The van der Waals surface area contributed by atoms with Gasteiger partial charge in [0.05, 0.1) is 14.2 Å². The van der Waals surface area contributed by atoms with E-state index < -0.39 is 0 Å². The maximum Gasteiger partial charge on any atom is 0.251 e. The first-order chi connectivity index (χ1) is 9.56. The molecule has 2 aliphatic heterocycles. The first-order valence-electron chi connectivity index (χ1n) is 6.38. The number of fused-ring (bicyclic) bond motifs is 2. The second-order valence-electron chi connectivity index (χ2n) is 5.00. The zero-order chi connectivity index (χ0) is 14.4. The van der Waals surface area contributed by atoms with Gasteiger partial charge in [0.25, 0.3) is 5.91 Å². The monoisotopic (exact) mass is 292 g/mol. The Morgan fingerprint density at radius 1 is 1.20 bits per heavy atom. The summed E-state index contributed by atoms with van der Waals surface area (Å²) in [6, 6.07) is 3.74. The normalized spacial score (nSPS) is 20.9. The number of hydrogen-bond acceptors (Lipinski definition) is 4. The second-order valence-corrected chi connectivity index (χ2v) is 5.37. The smallest absolute Gasteiger partial charge is 0.251 e. The molecular weight excluding hydrogens is 276 g/mol. The van der Waals surface area contributed by atoms with E-state index in [0.29, 0.717) is 29.6 Å². The lowest BCUT2D eigenvalue weighted by Crippen LogP contribution is -2.40. The summed E-state index contributed by atoms with van der Waals surface area (Å²) < 4.78 is 10.7. The molecular formula is C14H16N2O3S. The van der Waals surface area contributed by atoms with Gasteiger partial charge in [-0.2, -0.15) is 0 Å². The van der Waals surface area contributed by atoms with Crippen LogP contribution in [0.4, 0.5) is 0 Å². The van der Waals surface area contributed by atoms with Crippen molar-refractivity contribution < 1.29 is 14.3 Å². The van der Waals surface area contributed by atoms with Crippen molar-refractivity contribution in [3.63, 3.8) is 0 Å². The van der Waals surface area contributed by atoms with Crippen LogP contribution in [0, 0.1) is 0 Å². The van der Waals surface area contributed by atoms with E-state index in [1.165, 1.54) is 0 Å². The number of ether oxygens (including phenoxy) is 2. The van der Waals surface area contributed by atoms with Gasteiger partial charge < -0.3 is 14.4 Å². The van der Waals surface area contributed by atoms with Crippen molar-refractivity contribution in [3.05, 3.63) is 23.3 Å². The van der Waals surface area contributed by atoms with Crippen LogP contribution < -0.4 is 9.47 Å². The molecule has 0 saturated carbocycles. The molecule has 1 fully saturated rings. The van der Waals surface area contributed by atoms with Gasteiger partial charge in [-0.25, -0.2) is 0 Å². The van der Waals surface area contributed by atoms with Crippen molar-refractivity contribution in [1.82, 2.24) is 9.80 Å². The molecule has 1 amide bonds. The topological polar surface area (TPSA) is 42.0 Å². The Kier molecular flexibility index (Phi) is 3.05. The molecule has 1 aromatic carbocycles. The van der Waals surface area contributed by atoms with Gasteiger partial charge >= 0.3 is 0 Å². The SMILES string of the molecule is COc1cc2c(cc1OC)CN1C(=S)N(C)C(=O)C1C2. The van der Waals surface area contributed by atoms with E-state index in [1.807, 2.05) is 17.0 Å². The number of methoxy groups -OCH3 is 2. The van der Waals surface area contributed by atoms with Crippen LogP contribution in [-0.4, -0.2) is 48.1 Å². The molecule has 20 heavy (non-hydrogen) atoms. The van der Waals surface area contributed by atoms with E-state index in [2.05, 4.69) is 0 Å². The predicted octanol–water partition coefficient (Wildman–Crippen LogP) is 1.19. The average molecular weight is 292 g/mol. The van der Waals surface area contributed by atoms with E-state index >= 15 is 0 Å². The molecule has 0 spiro atoms. The lowest BCUT2D eigenvalue weighted by molar-refractivity contribution is -0.127. The minimum atomic E-state index is -0.182. The number of carbonyl (C=O) groups is 1. The summed E-state index contributed by atoms with van der Waals surface area (Å²) >= 11 is 5.33. The highest BCUT2D eigenvalue weighted by Gasteiger charge is 2.43. The third-order valence-electron chi connectivity index (χ3n) is 3.98. The number of carbonyl (C=O) groups excluding carboxylic acids is 1. The van der Waals surface area contributed by atoms with Crippen LogP contribution in [0.15, 0.2) is 12.1 Å². The first kappa shape index (κ1) is 13.2. The minimum absolute atomic E-state index is 0.0652. The minimum Gasteiger partial charge on any atom is -0.493 e. The number of amides is 1. The van der Waals surface area contributed by atoms with E-state index in [1.54, 1.807) is 26.2 Å². The van der Waals surface area contributed by atoms with Crippen molar-refractivity contribution in [3.8, 4) is 11.5 Å². The molecule has 3 rings (SSSR count). The maximum absolute atomic E-state index is 12.2. The van der Waals surface area contributed by atoms with E-state index in [9.17, 15) is 4.79 Å². The number of likely N-dealkylation sites (N-methyl/N-ethyl adjacent to an activating group) is 1. The van der Waals surface area contributed by atoms with Gasteiger partial charge in [0.1, 0.15) is 6.04 Å². The summed E-state index contributed by atoms with van der Waals surface area (Å²) in [6.07, 6.45) is 0.652. The van der Waals surface area contributed by atoms with Crippen LogP contribution in [0.5, 0.6) is 11.5 Å². The lowest BCUT2D eigenvalue weighted by atomic mass is 9.94. The molecule has 106 valence electrons. The van der Waals surface area contributed by atoms with Crippen molar-refractivity contribution in [2.24, 2.45) is 0 Å². The number of hydrogen-bond donors (Lipinski definition) is 0. The Morgan fingerprint density at radius 2 is 1.80 bits per heavy atom. The zero-order valence-electron chi connectivity index (χ0n) is 11.7. The molecule has 0 N–H and O–H groups in total. The summed E-state index contributed by atoms with van der Waals surface area (Å²) in [4.78, 5) is 15.7. The Hall–Kier alpha value is -1.82. The molecule has 0 aromatic heterocycles. The fourth-order valence-corrected chi connectivity index (χ4v) is 3.13. The fraction of sp³-hybridized carbons (Fsp3) is 0.429. The van der Waals surface area contributed by atoms with Crippen LogP contribution in [0.25, 0.3) is 0 Å². The van der Waals surface area contributed by atoms with Crippen molar-refractivity contribution in [2.45, 2.75) is 19.0 Å². The Bertz CT molecular complexity index is 551. The van der Waals surface area contributed by atoms with Crippen LogP contribution in [0.1, 0.15) is 11.1 Å². The highest BCUT2D eigenvalue weighted by atomic mass is 32.1. The summed E-state index contributed by atoms with van der Waals surface area (Å²) in [7, 11) is 4.96. The van der Waals surface area contributed by atoms with Gasteiger partial charge in [-0.1, -0.05) is 0 Å². The predicted molar refractivity (Wildman–Crippen MR) is 77.9 cm³/mol. The quantitative estimate of drug-likeness (QED) is 0.766. The number of nitrogens with zero attached hydrogens (tertiary/aromatic N) is 2. The summed E-state index contributed by atoms with van der Waals surface area (Å²) in [5.74, 6) is 1.46. The molecule has 2 aliphatic rings. The molecule has 1 atom stereocenters. The number of rotatable bonds is 2. The summed E-state index contributed by atoms with van der Waals surface area (Å²) in [6.45, 7) is 0.634. The maximum atomic E-state index is 12.2. The molecule has 0 radical (unpaired) electrons. The van der Waals surface area contributed by atoms with Gasteiger partial charge in [0, 0.05) is 20.0 Å². The van der Waals surface area contributed by atoms with Crippen molar-refractivity contribution in [1.29, 1.82) is 0 Å². The number of thiocarbonyl (C=S) groups is 1. The van der Waals surface area contributed by atoms with Gasteiger partial charge in [0.15, 0.2) is 16.6 Å². The van der Waals surface area contributed by atoms with Crippen LogP contribution in [0.2, 0.25) is 0 Å². The molecule has 0 aliphatic carbocycles. The van der Waals surface area contributed by atoms with Crippen molar-refractivity contribution in [2.75, 3.05) is 21.3 Å². The lowest BCUT2D eigenvalue weighted by Gasteiger charge is -2.30. The first-order valence-corrected chi connectivity index (χ1v) is 6.79. The Labute approximate surface area is 123 Å². The second kappa shape index (κ2) is 4.63.